The van der Waals surface area contributed by atoms with E-state index in [2.05, 4.69) is 6.67 Å². The second-order valence-corrected chi connectivity index (χ2v) is 11.7. The van der Waals surface area contributed by atoms with E-state index in [0.717, 1.165) is 22.3 Å². The molecule has 10 heteroatoms. The van der Waals surface area contributed by atoms with Gasteiger partial charge in [0.05, 0.1) is 25.6 Å². The van der Waals surface area contributed by atoms with Gasteiger partial charge in [-0.05, 0) is 65.2 Å². The Morgan fingerprint density at radius 3 is 1.73 bits per heavy atom. The third kappa shape index (κ3) is 8.13. The van der Waals surface area contributed by atoms with Crippen LogP contribution in [0.25, 0.3) is 0 Å². The van der Waals surface area contributed by atoms with Crippen molar-refractivity contribution in [2.24, 2.45) is 0 Å². The molecular weight excluding hydrogens is 665 g/mol. The van der Waals surface area contributed by atoms with Gasteiger partial charge in [-0.15, -0.1) is 9.80 Å². The maximum Gasteiger partial charge on any atom is 0.565 e. The summed E-state index contributed by atoms with van der Waals surface area (Å²) in [7, 11) is 0. The minimum atomic E-state index is -0.418. The molecule has 0 saturated carbocycles. The van der Waals surface area contributed by atoms with Gasteiger partial charge >= 0.3 is 6.67 Å². The molecule has 1 aliphatic rings. The van der Waals surface area contributed by atoms with Gasteiger partial charge in [-0.3, -0.25) is 0 Å². The zero-order chi connectivity index (χ0) is 28.2. The van der Waals surface area contributed by atoms with Gasteiger partial charge in [0.1, 0.15) is 12.1 Å². The average Bonchev–Trinajstić information content (AvgIpc) is 3.38. The summed E-state index contributed by atoms with van der Waals surface area (Å²) in [5.41, 5.74) is 3.73. The van der Waals surface area contributed by atoms with Crippen molar-refractivity contribution in [3.8, 4) is 0 Å². The fourth-order valence-corrected chi connectivity index (χ4v) is 5.67. The normalized spacial score (nSPS) is 13.3. The lowest BCUT2D eigenvalue weighted by atomic mass is 9.97. The molecule has 0 amide bonds. The van der Waals surface area contributed by atoms with Crippen LogP contribution in [0.2, 0.25) is 30.1 Å². The summed E-state index contributed by atoms with van der Waals surface area (Å²) in [6.45, 7) is 4.16. The summed E-state index contributed by atoms with van der Waals surface area (Å²) >= 11 is 37.6. The van der Waals surface area contributed by atoms with Gasteiger partial charge in [-0.2, -0.15) is 0 Å². The van der Waals surface area contributed by atoms with E-state index in [4.69, 9.17) is 74.3 Å². The van der Waals surface area contributed by atoms with Crippen molar-refractivity contribution in [2.45, 2.75) is 18.8 Å². The van der Waals surface area contributed by atoms with Gasteiger partial charge in [0, 0.05) is 35.7 Å². The van der Waals surface area contributed by atoms with E-state index < -0.39 is 6.10 Å². The molecule has 0 spiro atoms. The van der Waals surface area contributed by atoms with Crippen molar-refractivity contribution in [2.75, 3.05) is 6.54 Å². The Morgan fingerprint density at radius 2 is 1.17 bits per heavy atom. The Labute approximate surface area is 276 Å². The van der Waals surface area contributed by atoms with Crippen molar-refractivity contribution in [3.63, 3.8) is 0 Å². The lowest BCUT2D eigenvalue weighted by molar-refractivity contribution is -0.00000988. The van der Waals surface area contributed by atoms with Gasteiger partial charge in [0.15, 0.2) is 0 Å². The summed E-state index contributed by atoms with van der Waals surface area (Å²) in [5, 5.41) is 3.50. The molecule has 41 heavy (non-hydrogen) atoms. The molecule has 0 aliphatic carbocycles. The fourth-order valence-electron chi connectivity index (χ4n) is 4.43. The van der Waals surface area contributed by atoms with E-state index in [1.165, 1.54) is 0 Å². The van der Waals surface area contributed by atoms with Gasteiger partial charge in [-0.1, -0.05) is 106 Å². The Balaban J connectivity index is 0.00000387. The number of rotatable bonds is 9. The third-order valence-electron chi connectivity index (χ3n) is 6.43. The molecule has 3 nitrogen and oxygen atoms in total. The van der Waals surface area contributed by atoms with Crippen molar-refractivity contribution in [1.29, 1.82) is 0 Å². The highest BCUT2D eigenvalue weighted by molar-refractivity contribution is 6.35. The molecule has 0 N–H and O–H groups in total. The van der Waals surface area contributed by atoms with E-state index in [-0.39, 0.29) is 25.1 Å². The van der Waals surface area contributed by atoms with E-state index in [0.29, 0.717) is 36.7 Å². The van der Waals surface area contributed by atoms with Crippen LogP contribution < -0.4 is 12.4 Å². The highest BCUT2D eigenvalue weighted by atomic mass is 35.5. The maximum atomic E-state index is 6.61. The SMILES string of the molecule is Clc1ccc(C(c2ccc(Cl)cc2)N2[C+]N(CC(OCc3ccc(Cl)cc3Cl)c3ccc(Cl)cc3Cl)C=C2)cc1.[Cl-]. The van der Waals surface area contributed by atoms with Gasteiger partial charge in [0.2, 0.25) is 0 Å². The van der Waals surface area contributed by atoms with Gasteiger partial charge in [0.25, 0.3) is 0 Å². The van der Waals surface area contributed by atoms with Gasteiger partial charge < -0.3 is 17.1 Å². The van der Waals surface area contributed by atoms with Crippen LogP contribution in [0.1, 0.15) is 34.4 Å². The Hall–Kier alpha value is -1.92. The second-order valence-electron chi connectivity index (χ2n) is 9.16. The quantitative estimate of drug-likeness (QED) is 0.168. The summed E-state index contributed by atoms with van der Waals surface area (Å²) in [5.74, 6) is 0. The predicted octanol–water partition coefficient (Wildman–Crippen LogP) is 7.74. The van der Waals surface area contributed by atoms with Crippen LogP contribution in [0.4, 0.5) is 0 Å². The number of hydrogen-bond acceptors (Lipinski definition) is 3. The maximum absolute atomic E-state index is 6.61. The Kier molecular flexibility index (Phi) is 11.3. The first kappa shape index (κ1) is 32.0. The largest absolute Gasteiger partial charge is 1.00 e. The third-order valence-corrected chi connectivity index (χ3v) is 8.08. The molecule has 1 unspecified atom stereocenters. The second kappa shape index (κ2) is 14.5. The topological polar surface area (TPSA) is 15.7 Å². The fraction of sp³-hybridized carbons (Fsp3) is 0.129. The van der Waals surface area contributed by atoms with Crippen LogP contribution in [-0.4, -0.2) is 16.3 Å². The Morgan fingerprint density at radius 1 is 0.634 bits per heavy atom. The van der Waals surface area contributed by atoms with E-state index in [9.17, 15) is 0 Å². The molecule has 4 aromatic rings. The van der Waals surface area contributed by atoms with Crippen LogP contribution in [0.5, 0.6) is 0 Å². The highest BCUT2D eigenvalue weighted by Crippen LogP contribution is 2.36. The predicted molar refractivity (Wildman–Crippen MR) is 166 cm³/mol. The molecule has 0 saturated heterocycles. The number of nitrogens with zero attached hydrogens (tertiary/aromatic N) is 2. The number of halogens is 7. The first-order valence-corrected chi connectivity index (χ1v) is 14.5. The van der Waals surface area contributed by atoms with Crippen molar-refractivity contribution < 1.29 is 17.1 Å². The molecule has 5 rings (SSSR count). The molecular formula is C31H22Cl7N2O. The van der Waals surface area contributed by atoms with Crippen LogP contribution >= 0.6 is 69.6 Å². The molecule has 1 heterocycles. The van der Waals surface area contributed by atoms with Crippen LogP contribution in [0, 0.1) is 6.67 Å². The highest BCUT2D eigenvalue weighted by Gasteiger charge is 2.40. The molecule has 1 atom stereocenters. The molecule has 1 radical (unpaired) electrons. The smallest absolute Gasteiger partial charge is 0.565 e. The van der Waals surface area contributed by atoms with E-state index in [1.807, 2.05) is 82.9 Å². The zero-order valence-electron chi connectivity index (χ0n) is 21.3. The van der Waals surface area contributed by atoms with Crippen molar-refractivity contribution >= 4 is 69.6 Å². The molecule has 0 fully saturated rings. The number of benzene rings is 4. The number of hydrogen-bond donors (Lipinski definition) is 0. The lowest BCUT2D eigenvalue weighted by Gasteiger charge is -2.22. The summed E-state index contributed by atoms with van der Waals surface area (Å²) in [6.07, 6.45) is 3.51. The molecule has 211 valence electrons. The van der Waals surface area contributed by atoms with Crippen LogP contribution in [-0.2, 0) is 11.3 Å². The van der Waals surface area contributed by atoms with Crippen molar-refractivity contribution in [3.05, 3.63) is 156 Å². The first-order chi connectivity index (χ1) is 19.3. The Bertz CT molecular complexity index is 1450. The molecule has 0 aromatic heterocycles. The van der Waals surface area contributed by atoms with E-state index >= 15 is 0 Å². The summed E-state index contributed by atoms with van der Waals surface area (Å²) < 4.78 is 6.39. The summed E-state index contributed by atoms with van der Waals surface area (Å²) in [6, 6.07) is 26.1. The molecule has 4 aromatic carbocycles. The summed E-state index contributed by atoms with van der Waals surface area (Å²) in [4.78, 5) is 3.96. The van der Waals surface area contributed by atoms with Gasteiger partial charge in [-0.25, -0.2) is 0 Å². The van der Waals surface area contributed by atoms with E-state index in [1.54, 1.807) is 24.3 Å². The molecule has 1 aliphatic heterocycles. The van der Waals surface area contributed by atoms with Crippen LogP contribution in [0.15, 0.2) is 97.3 Å². The number of ether oxygens (including phenoxy) is 1. The minimum absolute atomic E-state index is 0. The van der Waals surface area contributed by atoms with Crippen LogP contribution in [0.3, 0.4) is 0 Å². The zero-order valence-corrected chi connectivity index (χ0v) is 26.5. The standard InChI is InChI=1S/C31H22Cl6N2O.ClH/c32-23-6-1-20(2-7-23)31(21-3-8-24(33)9-4-21)39-14-13-38(19-39)17-30(27-12-11-26(35)16-29(27)37)40-18-22-5-10-25(34)15-28(22)36;/h1-16,30-31H,17-18H2;1H/q+1;/p-1. The average molecular weight is 687 g/mol. The van der Waals surface area contributed by atoms with Crippen molar-refractivity contribution in [1.82, 2.24) is 9.80 Å². The monoisotopic (exact) mass is 683 g/mol. The lowest BCUT2D eigenvalue weighted by Crippen LogP contribution is -3.00. The minimum Gasteiger partial charge on any atom is -1.00 e. The first-order valence-electron chi connectivity index (χ1n) is 12.3. The molecule has 0 bridgehead atoms.